The van der Waals surface area contributed by atoms with Crippen LogP contribution in [0.5, 0.6) is 0 Å². The number of thioether (sulfide) groups is 1. The highest BCUT2D eigenvalue weighted by atomic mass is 32.2. The van der Waals surface area contributed by atoms with Crippen LogP contribution in [0.4, 0.5) is 0 Å². The van der Waals surface area contributed by atoms with Gasteiger partial charge in [-0.1, -0.05) is 6.92 Å². The zero-order chi connectivity index (χ0) is 13.8. The smallest absolute Gasteiger partial charge is 0.0472 e. The second kappa shape index (κ2) is 6.79. The van der Waals surface area contributed by atoms with Gasteiger partial charge >= 0.3 is 0 Å². The van der Waals surface area contributed by atoms with Crippen LogP contribution in [0, 0.1) is 5.41 Å². The number of rotatable bonds is 5. The molecule has 0 saturated carbocycles. The van der Waals surface area contributed by atoms with E-state index in [1.54, 1.807) is 0 Å². The predicted octanol–water partition coefficient (Wildman–Crippen LogP) is 2.22. The second-order valence-corrected chi connectivity index (χ2v) is 8.51. The van der Waals surface area contributed by atoms with Gasteiger partial charge < -0.3 is 15.0 Å². The molecular weight excluding hydrogens is 256 g/mol. The van der Waals surface area contributed by atoms with Crippen molar-refractivity contribution in [2.45, 2.75) is 38.4 Å². The maximum Gasteiger partial charge on any atom is 0.0472 e. The fourth-order valence-electron chi connectivity index (χ4n) is 3.31. The van der Waals surface area contributed by atoms with Gasteiger partial charge in [-0.2, -0.15) is 11.8 Å². The first-order chi connectivity index (χ1) is 9.05. The number of nitrogens with one attached hydrogen (secondary N) is 1. The summed E-state index contributed by atoms with van der Waals surface area (Å²) in [6, 6.07) is 0. The summed E-state index contributed by atoms with van der Waals surface area (Å²) in [5.74, 6) is 1.28. The van der Waals surface area contributed by atoms with Crippen LogP contribution in [-0.4, -0.2) is 61.3 Å². The van der Waals surface area contributed by atoms with Gasteiger partial charge in [0.2, 0.25) is 0 Å². The van der Waals surface area contributed by atoms with E-state index in [-0.39, 0.29) is 0 Å². The van der Waals surface area contributed by atoms with E-state index in [0.29, 0.717) is 10.2 Å². The molecule has 0 atom stereocenters. The third kappa shape index (κ3) is 4.62. The number of hydrogen-bond donors (Lipinski definition) is 1. The van der Waals surface area contributed by atoms with Gasteiger partial charge in [0.1, 0.15) is 0 Å². The minimum atomic E-state index is 0.419. The molecule has 4 heteroatoms. The Balaban J connectivity index is 1.94. The van der Waals surface area contributed by atoms with Crippen molar-refractivity contribution in [3.63, 3.8) is 0 Å². The first-order valence-corrected chi connectivity index (χ1v) is 8.69. The van der Waals surface area contributed by atoms with Crippen molar-refractivity contribution >= 4 is 11.8 Å². The van der Waals surface area contributed by atoms with Crippen LogP contribution in [-0.2, 0) is 4.74 Å². The molecule has 0 aromatic carbocycles. The Morgan fingerprint density at radius 2 is 2.00 bits per heavy atom. The summed E-state index contributed by atoms with van der Waals surface area (Å²) < 4.78 is 6.00. The molecule has 0 aromatic heterocycles. The highest BCUT2D eigenvalue weighted by molar-refractivity contribution is 8.00. The lowest BCUT2D eigenvalue weighted by Crippen LogP contribution is -2.52. The fraction of sp³-hybridized carbons (Fsp3) is 1.00. The first kappa shape index (κ1) is 15.6. The van der Waals surface area contributed by atoms with Crippen LogP contribution in [0.15, 0.2) is 0 Å². The summed E-state index contributed by atoms with van der Waals surface area (Å²) in [4.78, 5) is 2.69. The van der Waals surface area contributed by atoms with Crippen molar-refractivity contribution in [3.8, 4) is 0 Å². The largest absolute Gasteiger partial charge is 0.381 e. The number of nitrogens with zero attached hydrogens (tertiary/aromatic N) is 1. The second-order valence-electron chi connectivity index (χ2n) is 6.71. The summed E-state index contributed by atoms with van der Waals surface area (Å²) >= 11 is 2.12. The molecule has 2 heterocycles. The summed E-state index contributed by atoms with van der Waals surface area (Å²) in [6.07, 6.45) is 2.42. The van der Waals surface area contributed by atoms with E-state index >= 15 is 0 Å². The normalized spacial score (nSPS) is 27.3. The van der Waals surface area contributed by atoms with Crippen LogP contribution in [0.3, 0.4) is 0 Å². The summed E-state index contributed by atoms with van der Waals surface area (Å²) in [6.45, 7) is 14.8. The zero-order valence-corrected chi connectivity index (χ0v) is 13.7. The van der Waals surface area contributed by atoms with E-state index in [9.17, 15) is 0 Å². The highest BCUT2D eigenvalue weighted by Gasteiger charge is 2.36. The molecule has 0 amide bonds. The van der Waals surface area contributed by atoms with Crippen LogP contribution in [0.25, 0.3) is 0 Å². The molecular formula is C15H30N2OS. The molecule has 0 spiro atoms. The third-order valence-corrected chi connectivity index (χ3v) is 5.66. The van der Waals surface area contributed by atoms with E-state index in [1.165, 1.54) is 38.2 Å². The van der Waals surface area contributed by atoms with Crippen LogP contribution in [0.1, 0.15) is 33.6 Å². The Kier molecular flexibility index (Phi) is 5.58. The molecule has 3 nitrogen and oxygen atoms in total. The van der Waals surface area contributed by atoms with Crippen molar-refractivity contribution in [1.82, 2.24) is 10.2 Å². The molecule has 112 valence electrons. The molecule has 0 bridgehead atoms. The zero-order valence-electron chi connectivity index (χ0n) is 12.8. The summed E-state index contributed by atoms with van der Waals surface area (Å²) in [7, 11) is 0. The van der Waals surface area contributed by atoms with E-state index < -0.39 is 0 Å². The third-order valence-electron chi connectivity index (χ3n) is 4.37. The van der Waals surface area contributed by atoms with Crippen molar-refractivity contribution < 1.29 is 4.74 Å². The lowest BCUT2D eigenvalue weighted by molar-refractivity contribution is -0.00474. The van der Waals surface area contributed by atoms with Gasteiger partial charge in [0.15, 0.2) is 0 Å². The average Bonchev–Trinajstić information content (AvgIpc) is 2.36. The first-order valence-electron chi connectivity index (χ1n) is 7.70. The Labute approximate surface area is 122 Å². The lowest BCUT2D eigenvalue weighted by Gasteiger charge is -2.45. The van der Waals surface area contributed by atoms with Crippen LogP contribution < -0.4 is 5.32 Å². The van der Waals surface area contributed by atoms with Crippen molar-refractivity contribution in [2.24, 2.45) is 5.41 Å². The minimum Gasteiger partial charge on any atom is -0.381 e. The van der Waals surface area contributed by atoms with Crippen LogP contribution >= 0.6 is 11.8 Å². The van der Waals surface area contributed by atoms with E-state index in [0.717, 1.165) is 26.3 Å². The van der Waals surface area contributed by atoms with Gasteiger partial charge in [-0.15, -0.1) is 0 Å². The van der Waals surface area contributed by atoms with Gasteiger partial charge in [0.25, 0.3) is 0 Å². The average molecular weight is 286 g/mol. The molecule has 2 rings (SSSR count). The molecule has 1 N–H and O–H groups in total. The monoisotopic (exact) mass is 286 g/mol. The fourth-order valence-corrected chi connectivity index (χ4v) is 4.48. The maximum absolute atomic E-state index is 5.58. The Bertz CT molecular complexity index is 277. The van der Waals surface area contributed by atoms with Crippen molar-refractivity contribution in [2.75, 3.05) is 51.7 Å². The van der Waals surface area contributed by atoms with E-state index in [2.05, 4.69) is 42.7 Å². The molecule has 2 saturated heterocycles. The highest BCUT2D eigenvalue weighted by Crippen LogP contribution is 2.35. The standard InChI is InChI=1S/C15H30N2OS/c1-4-16-11-15(5-8-18-9-6-15)13-17-7-10-19-14(2,3)12-17/h16H,4-13H2,1-3H3. The number of ether oxygens (including phenoxy) is 1. The molecule has 2 aliphatic rings. The Morgan fingerprint density at radius 3 is 2.63 bits per heavy atom. The van der Waals surface area contributed by atoms with E-state index in [1.807, 2.05) is 0 Å². The number of hydrogen-bond acceptors (Lipinski definition) is 4. The topological polar surface area (TPSA) is 24.5 Å². The molecule has 0 unspecified atom stereocenters. The predicted molar refractivity (Wildman–Crippen MR) is 84.0 cm³/mol. The molecule has 0 aromatic rings. The minimum absolute atomic E-state index is 0.419. The molecule has 0 radical (unpaired) electrons. The molecule has 19 heavy (non-hydrogen) atoms. The van der Waals surface area contributed by atoms with Gasteiger partial charge in [0.05, 0.1) is 0 Å². The molecule has 2 fully saturated rings. The molecule has 0 aliphatic carbocycles. The maximum atomic E-state index is 5.58. The lowest BCUT2D eigenvalue weighted by atomic mass is 9.79. The summed E-state index contributed by atoms with van der Waals surface area (Å²) in [5, 5.41) is 3.58. The molecule has 2 aliphatic heterocycles. The summed E-state index contributed by atoms with van der Waals surface area (Å²) in [5.41, 5.74) is 0.437. The quantitative estimate of drug-likeness (QED) is 0.837. The van der Waals surface area contributed by atoms with Gasteiger partial charge in [-0.05, 0) is 38.6 Å². The SMILES string of the molecule is CCNCC1(CN2CCSC(C)(C)C2)CCOCC1. The van der Waals surface area contributed by atoms with E-state index in [4.69, 9.17) is 4.74 Å². The van der Waals surface area contributed by atoms with Crippen LogP contribution in [0.2, 0.25) is 0 Å². The van der Waals surface area contributed by atoms with Gasteiger partial charge in [0, 0.05) is 49.9 Å². The Hall–Kier alpha value is 0.230. The van der Waals surface area contributed by atoms with Gasteiger partial charge in [-0.25, -0.2) is 0 Å². The van der Waals surface area contributed by atoms with Crippen molar-refractivity contribution in [3.05, 3.63) is 0 Å². The van der Waals surface area contributed by atoms with Crippen molar-refractivity contribution in [1.29, 1.82) is 0 Å². The Morgan fingerprint density at radius 1 is 1.26 bits per heavy atom. The van der Waals surface area contributed by atoms with Gasteiger partial charge in [-0.3, -0.25) is 0 Å².